The van der Waals surface area contributed by atoms with E-state index in [-0.39, 0.29) is 17.7 Å². The molecule has 6 heteroatoms. The lowest BCUT2D eigenvalue weighted by molar-refractivity contribution is -0.126. The van der Waals surface area contributed by atoms with Crippen molar-refractivity contribution in [3.05, 3.63) is 120 Å². The van der Waals surface area contributed by atoms with Crippen LogP contribution in [0.2, 0.25) is 0 Å². The highest BCUT2D eigenvalue weighted by Crippen LogP contribution is 2.37. The van der Waals surface area contributed by atoms with Crippen molar-refractivity contribution in [2.45, 2.75) is 39.0 Å². The van der Waals surface area contributed by atoms with E-state index in [9.17, 15) is 9.59 Å². The number of nitrogens with zero attached hydrogens (tertiary/aromatic N) is 2. The molecule has 2 amide bonds. The molecule has 222 valence electrons. The standard InChI is InChI=1S/C39H34N4O2/c1-25-12-11-18-33-32-17-7-10-21-36(32)43(37(25)33)29-23-27(39(45)41-40-38(44)26-13-3-2-4-14-26)22-28(24-29)42-34-19-8-5-15-30(34)31-16-6-9-20-35(31)42/h5-12,15-24,26H,2-4,13-14H2,1H3,(H,40,44)(H,41,45). The molecule has 1 aliphatic carbocycles. The summed E-state index contributed by atoms with van der Waals surface area (Å²) >= 11 is 0. The average molecular weight is 591 g/mol. The monoisotopic (exact) mass is 590 g/mol. The molecule has 0 saturated heterocycles. The van der Waals surface area contributed by atoms with E-state index < -0.39 is 0 Å². The quantitative estimate of drug-likeness (QED) is 0.202. The van der Waals surface area contributed by atoms with Gasteiger partial charge in [-0.2, -0.15) is 0 Å². The molecule has 5 aromatic carbocycles. The maximum atomic E-state index is 13.9. The summed E-state index contributed by atoms with van der Waals surface area (Å²) in [4.78, 5) is 26.8. The van der Waals surface area contributed by atoms with Gasteiger partial charge in [-0.15, -0.1) is 0 Å². The molecule has 2 heterocycles. The smallest absolute Gasteiger partial charge is 0.269 e. The SMILES string of the molecule is Cc1cccc2c3ccccc3n(-c3cc(C(=O)NNC(=O)C4CCCCC4)cc(-n4c5ccccc5c5ccccc54)c3)c12. The van der Waals surface area contributed by atoms with Gasteiger partial charge in [0.1, 0.15) is 0 Å². The Labute approximate surface area is 261 Å². The van der Waals surface area contributed by atoms with Crippen LogP contribution in [0.5, 0.6) is 0 Å². The number of amides is 2. The molecule has 1 saturated carbocycles. The number of rotatable bonds is 4. The lowest BCUT2D eigenvalue weighted by atomic mass is 9.89. The molecular formula is C39H34N4O2. The zero-order chi connectivity index (χ0) is 30.5. The number of hydrogen-bond donors (Lipinski definition) is 2. The minimum absolute atomic E-state index is 0.0564. The Morgan fingerprint density at radius 2 is 1.13 bits per heavy atom. The fourth-order valence-electron chi connectivity index (χ4n) is 7.30. The van der Waals surface area contributed by atoms with Gasteiger partial charge in [0.05, 0.1) is 22.1 Å². The van der Waals surface area contributed by atoms with Crippen LogP contribution < -0.4 is 10.9 Å². The average Bonchev–Trinajstić information content (AvgIpc) is 3.61. The molecular weight excluding hydrogens is 556 g/mol. The Morgan fingerprint density at radius 3 is 1.78 bits per heavy atom. The van der Waals surface area contributed by atoms with Crippen LogP contribution >= 0.6 is 0 Å². The van der Waals surface area contributed by atoms with Gasteiger partial charge in [-0.05, 0) is 61.7 Å². The number of para-hydroxylation sites is 4. The van der Waals surface area contributed by atoms with Gasteiger partial charge in [0, 0.05) is 44.4 Å². The third-order valence-corrected chi connectivity index (χ3v) is 9.43. The van der Waals surface area contributed by atoms with E-state index in [0.29, 0.717) is 5.56 Å². The first kappa shape index (κ1) is 27.2. The summed E-state index contributed by atoms with van der Waals surface area (Å²) in [5.41, 5.74) is 13.1. The molecule has 0 aliphatic heterocycles. The number of aryl methyl sites for hydroxylation is 1. The second-order valence-electron chi connectivity index (χ2n) is 12.2. The van der Waals surface area contributed by atoms with Crippen LogP contribution in [0.15, 0.2) is 109 Å². The Kier molecular flexibility index (Phi) is 6.63. The largest absolute Gasteiger partial charge is 0.309 e. The molecule has 0 radical (unpaired) electrons. The van der Waals surface area contributed by atoms with Gasteiger partial charge >= 0.3 is 0 Å². The minimum atomic E-state index is -0.347. The second kappa shape index (κ2) is 11.0. The lowest BCUT2D eigenvalue weighted by Gasteiger charge is -2.21. The molecule has 45 heavy (non-hydrogen) atoms. The van der Waals surface area contributed by atoms with Crippen LogP contribution in [-0.4, -0.2) is 20.9 Å². The number of carbonyl (C=O) groups is 2. The van der Waals surface area contributed by atoms with Crippen molar-refractivity contribution in [1.82, 2.24) is 20.0 Å². The van der Waals surface area contributed by atoms with Gasteiger partial charge in [0.25, 0.3) is 5.91 Å². The molecule has 1 fully saturated rings. The fourth-order valence-corrected chi connectivity index (χ4v) is 7.30. The van der Waals surface area contributed by atoms with Gasteiger partial charge in [-0.1, -0.05) is 92.1 Å². The van der Waals surface area contributed by atoms with E-state index in [4.69, 9.17) is 0 Å². The van der Waals surface area contributed by atoms with Crippen LogP contribution in [0.1, 0.15) is 48.0 Å². The Balaban J connectivity index is 1.33. The van der Waals surface area contributed by atoms with E-state index in [2.05, 4.69) is 112 Å². The first-order valence-corrected chi connectivity index (χ1v) is 15.8. The van der Waals surface area contributed by atoms with Crippen LogP contribution in [0.4, 0.5) is 0 Å². The summed E-state index contributed by atoms with van der Waals surface area (Å²) in [5, 5.41) is 4.62. The minimum Gasteiger partial charge on any atom is -0.309 e. The van der Waals surface area contributed by atoms with Crippen molar-refractivity contribution in [1.29, 1.82) is 0 Å². The van der Waals surface area contributed by atoms with Crippen molar-refractivity contribution in [2.24, 2.45) is 5.92 Å². The van der Waals surface area contributed by atoms with E-state index in [1.807, 2.05) is 24.3 Å². The molecule has 0 atom stereocenters. The van der Waals surface area contributed by atoms with E-state index >= 15 is 0 Å². The number of hydrogen-bond acceptors (Lipinski definition) is 2. The Hall–Kier alpha value is -5.36. The van der Waals surface area contributed by atoms with Gasteiger partial charge in [0.15, 0.2) is 0 Å². The van der Waals surface area contributed by atoms with E-state index in [1.54, 1.807) is 0 Å². The first-order valence-electron chi connectivity index (χ1n) is 15.8. The topological polar surface area (TPSA) is 68.1 Å². The molecule has 1 aliphatic rings. The highest BCUT2D eigenvalue weighted by molar-refractivity contribution is 6.11. The van der Waals surface area contributed by atoms with Crippen molar-refractivity contribution in [3.63, 3.8) is 0 Å². The van der Waals surface area contributed by atoms with E-state index in [0.717, 1.165) is 87.3 Å². The Morgan fingerprint density at radius 1 is 0.600 bits per heavy atom. The summed E-state index contributed by atoms with van der Waals surface area (Å²) in [6.45, 7) is 2.13. The molecule has 0 bridgehead atoms. The number of fused-ring (bicyclic) bond motifs is 6. The van der Waals surface area contributed by atoms with Gasteiger partial charge in [-0.25, -0.2) is 0 Å². The summed E-state index contributed by atoms with van der Waals surface area (Å²) in [6, 6.07) is 37.5. The molecule has 2 aromatic heterocycles. The number of benzene rings is 5. The lowest BCUT2D eigenvalue weighted by Crippen LogP contribution is -2.45. The van der Waals surface area contributed by atoms with Gasteiger partial charge < -0.3 is 9.13 Å². The first-order chi connectivity index (χ1) is 22.1. The third-order valence-electron chi connectivity index (χ3n) is 9.43. The number of carbonyl (C=O) groups excluding carboxylic acids is 2. The van der Waals surface area contributed by atoms with Crippen LogP contribution in [0.25, 0.3) is 55.0 Å². The van der Waals surface area contributed by atoms with E-state index in [1.165, 1.54) is 5.39 Å². The summed E-state index contributed by atoms with van der Waals surface area (Å²) in [5.74, 6) is -0.514. The Bertz CT molecular complexity index is 2220. The molecule has 8 rings (SSSR count). The molecule has 0 spiro atoms. The molecule has 2 N–H and O–H groups in total. The van der Waals surface area contributed by atoms with Crippen LogP contribution in [0, 0.1) is 12.8 Å². The van der Waals surface area contributed by atoms with Crippen molar-refractivity contribution >= 4 is 55.4 Å². The normalized spacial score (nSPS) is 14.0. The predicted molar refractivity (Wildman–Crippen MR) is 182 cm³/mol. The van der Waals surface area contributed by atoms with Crippen molar-refractivity contribution in [2.75, 3.05) is 0 Å². The van der Waals surface area contributed by atoms with Crippen LogP contribution in [0.3, 0.4) is 0 Å². The summed E-state index contributed by atoms with van der Waals surface area (Å²) in [6.07, 6.45) is 4.99. The van der Waals surface area contributed by atoms with Crippen LogP contribution in [-0.2, 0) is 4.79 Å². The second-order valence-corrected chi connectivity index (χ2v) is 12.2. The third kappa shape index (κ3) is 4.56. The summed E-state index contributed by atoms with van der Waals surface area (Å²) in [7, 11) is 0. The molecule has 7 aromatic rings. The summed E-state index contributed by atoms with van der Waals surface area (Å²) < 4.78 is 4.49. The predicted octanol–water partition coefficient (Wildman–Crippen LogP) is 8.53. The molecule has 6 nitrogen and oxygen atoms in total. The zero-order valence-corrected chi connectivity index (χ0v) is 25.2. The maximum Gasteiger partial charge on any atom is 0.269 e. The number of hydrazine groups is 1. The fraction of sp³-hybridized carbons (Fsp3) is 0.179. The van der Waals surface area contributed by atoms with Crippen molar-refractivity contribution < 1.29 is 9.59 Å². The van der Waals surface area contributed by atoms with Gasteiger partial charge in [0.2, 0.25) is 5.91 Å². The van der Waals surface area contributed by atoms with Crippen molar-refractivity contribution in [3.8, 4) is 11.4 Å². The highest BCUT2D eigenvalue weighted by Gasteiger charge is 2.23. The van der Waals surface area contributed by atoms with Gasteiger partial charge in [-0.3, -0.25) is 20.4 Å². The highest BCUT2D eigenvalue weighted by atomic mass is 16.2. The number of nitrogens with one attached hydrogen (secondary N) is 2. The maximum absolute atomic E-state index is 13.9. The molecule has 0 unspecified atom stereocenters. The number of aromatic nitrogens is 2. The zero-order valence-electron chi connectivity index (χ0n) is 25.2.